The van der Waals surface area contributed by atoms with Crippen LogP contribution < -0.4 is 15.4 Å². The van der Waals surface area contributed by atoms with Gasteiger partial charge in [-0.2, -0.15) is 0 Å². The number of nitrogens with one attached hydrogen (secondary N) is 3. The molecule has 0 aliphatic carbocycles. The van der Waals surface area contributed by atoms with E-state index in [0.717, 1.165) is 29.8 Å². The number of benzene rings is 3. The molecule has 7 nitrogen and oxygen atoms in total. The first kappa shape index (κ1) is 24.5. The van der Waals surface area contributed by atoms with Crippen LogP contribution in [0.4, 0.5) is 5.69 Å². The van der Waals surface area contributed by atoms with Crippen LogP contribution in [0.25, 0.3) is 11.1 Å². The predicted octanol–water partition coefficient (Wildman–Crippen LogP) is 4.28. The second-order valence-corrected chi connectivity index (χ2v) is 8.47. The number of hydrogen-bond acceptors (Lipinski definition) is 6. The zero-order valence-electron chi connectivity index (χ0n) is 19.1. The topological polar surface area (TPSA) is 97.7 Å². The van der Waals surface area contributed by atoms with Gasteiger partial charge in [0.2, 0.25) is 5.76 Å². The SMILES string of the molecule is N=C/C(=C(/Oc1ccc(-c2ccc(CO)cc2)cc1)C(=O)Nc1ccc(Cl)cc1)N1CCNCC1. The smallest absolute Gasteiger partial charge is 0.293 e. The number of hydrogen-bond donors (Lipinski definition) is 4. The Morgan fingerprint density at radius 1 is 1.00 bits per heavy atom. The minimum absolute atomic E-state index is 0.00266. The molecule has 0 spiro atoms. The monoisotopic (exact) mass is 490 g/mol. The molecule has 0 saturated carbocycles. The maximum atomic E-state index is 13.3. The number of rotatable bonds is 8. The summed E-state index contributed by atoms with van der Waals surface area (Å²) in [6.07, 6.45) is 1.17. The van der Waals surface area contributed by atoms with Gasteiger partial charge < -0.3 is 30.8 Å². The molecule has 180 valence electrons. The summed E-state index contributed by atoms with van der Waals surface area (Å²) in [7, 11) is 0. The fraction of sp³-hybridized carbons (Fsp3) is 0.185. The van der Waals surface area contributed by atoms with Gasteiger partial charge in [0.15, 0.2) is 0 Å². The molecular formula is C27H27ClN4O3. The van der Waals surface area contributed by atoms with Crippen LogP contribution >= 0.6 is 11.6 Å². The summed E-state index contributed by atoms with van der Waals surface area (Å²) in [5.41, 5.74) is 3.83. The number of allylic oxidation sites excluding steroid dienone is 1. The number of amides is 1. The molecule has 3 aromatic rings. The fourth-order valence-corrected chi connectivity index (χ4v) is 3.90. The number of aliphatic hydroxyl groups excluding tert-OH is 1. The molecule has 4 rings (SSSR count). The molecule has 1 fully saturated rings. The Labute approximate surface area is 209 Å². The van der Waals surface area contributed by atoms with E-state index in [2.05, 4.69) is 10.6 Å². The Balaban J connectivity index is 1.61. The summed E-state index contributed by atoms with van der Waals surface area (Å²) in [6.45, 7) is 2.84. The van der Waals surface area contributed by atoms with Crippen LogP contribution in [0.2, 0.25) is 5.02 Å². The van der Waals surface area contributed by atoms with Crippen molar-refractivity contribution in [1.82, 2.24) is 10.2 Å². The van der Waals surface area contributed by atoms with Crippen LogP contribution in [-0.4, -0.2) is 48.3 Å². The largest absolute Gasteiger partial charge is 0.449 e. The van der Waals surface area contributed by atoms with Crippen molar-refractivity contribution >= 4 is 29.4 Å². The van der Waals surface area contributed by atoms with Crippen molar-refractivity contribution in [1.29, 1.82) is 5.41 Å². The second kappa shape index (κ2) is 11.7. The summed E-state index contributed by atoms with van der Waals surface area (Å²) < 4.78 is 6.10. The van der Waals surface area contributed by atoms with E-state index in [9.17, 15) is 9.90 Å². The molecule has 3 aromatic carbocycles. The van der Waals surface area contributed by atoms with Gasteiger partial charge in [-0.3, -0.25) is 4.79 Å². The molecule has 35 heavy (non-hydrogen) atoms. The number of piperazine rings is 1. The number of aliphatic hydroxyl groups is 1. The van der Waals surface area contributed by atoms with Gasteiger partial charge in [0.25, 0.3) is 5.91 Å². The molecule has 1 amide bonds. The lowest BCUT2D eigenvalue weighted by Crippen LogP contribution is -2.44. The normalized spacial score (nSPS) is 14.2. The lowest BCUT2D eigenvalue weighted by Gasteiger charge is -2.30. The van der Waals surface area contributed by atoms with E-state index in [1.807, 2.05) is 41.3 Å². The van der Waals surface area contributed by atoms with E-state index in [1.54, 1.807) is 36.4 Å². The number of halogens is 1. The van der Waals surface area contributed by atoms with Gasteiger partial charge in [0.05, 0.1) is 6.61 Å². The molecule has 0 bridgehead atoms. The van der Waals surface area contributed by atoms with E-state index in [-0.39, 0.29) is 12.4 Å². The number of carbonyl (C=O) groups excluding carboxylic acids is 1. The highest BCUT2D eigenvalue weighted by Crippen LogP contribution is 2.25. The van der Waals surface area contributed by atoms with Gasteiger partial charge in [0.1, 0.15) is 11.4 Å². The average molecular weight is 491 g/mol. The molecule has 0 unspecified atom stereocenters. The molecule has 0 atom stereocenters. The number of carbonyl (C=O) groups is 1. The number of ether oxygens (including phenoxy) is 1. The minimum Gasteiger partial charge on any atom is -0.449 e. The molecular weight excluding hydrogens is 464 g/mol. The Bertz CT molecular complexity index is 1190. The highest BCUT2D eigenvalue weighted by atomic mass is 35.5. The van der Waals surface area contributed by atoms with E-state index >= 15 is 0 Å². The average Bonchev–Trinajstić information content (AvgIpc) is 2.91. The molecule has 1 aliphatic rings. The summed E-state index contributed by atoms with van der Waals surface area (Å²) in [4.78, 5) is 15.3. The van der Waals surface area contributed by atoms with E-state index in [1.165, 1.54) is 6.21 Å². The third-order valence-corrected chi connectivity index (χ3v) is 5.93. The molecule has 0 aromatic heterocycles. The summed E-state index contributed by atoms with van der Waals surface area (Å²) >= 11 is 5.96. The Hall–Kier alpha value is -3.65. The maximum Gasteiger partial charge on any atom is 0.293 e. The Kier molecular flexibility index (Phi) is 8.15. The van der Waals surface area contributed by atoms with Crippen LogP contribution in [0.15, 0.2) is 84.3 Å². The molecule has 1 heterocycles. The van der Waals surface area contributed by atoms with E-state index < -0.39 is 5.91 Å². The Morgan fingerprint density at radius 3 is 2.17 bits per heavy atom. The summed E-state index contributed by atoms with van der Waals surface area (Å²) in [6, 6.07) is 21.9. The minimum atomic E-state index is -0.451. The summed E-state index contributed by atoms with van der Waals surface area (Å²) in [5, 5.41) is 24.0. The summed E-state index contributed by atoms with van der Waals surface area (Å²) in [5.74, 6) is 0.0846. The van der Waals surface area contributed by atoms with Crippen LogP contribution in [0, 0.1) is 5.41 Å². The standard InChI is InChI=1S/C27H27ClN4O3/c28-22-7-9-23(10-8-22)31-27(34)26(25(17-29)32-15-13-30-14-16-32)35-24-11-5-21(6-12-24)20-3-1-19(18-33)2-4-20/h1-12,17,29-30,33H,13-16,18H2,(H,31,34)/b26-25-,29-17?. The number of nitrogens with zero attached hydrogens (tertiary/aromatic N) is 1. The van der Waals surface area contributed by atoms with Crippen LogP contribution in [0.1, 0.15) is 5.56 Å². The lowest BCUT2D eigenvalue weighted by molar-refractivity contribution is -0.115. The van der Waals surface area contributed by atoms with Gasteiger partial charge >= 0.3 is 0 Å². The molecule has 8 heteroatoms. The van der Waals surface area contributed by atoms with E-state index in [0.29, 0.717) is 35.2 Å². The van der Waals surface area contributed by atoms with E-state index in [4.69, 9.17) is 21.7 Å². The first-order valence-electron chi connectivity index (χ1n) is 11.3. The first-order chi connectivity index (χ1) is 17.1. The predicted molar refractivity (Wildman–Crippen MR) is 139 cm³/mol. The van der Waals surface area contributed by atoms with Crippen molar-refractivity contribution in [3.05, 3.63) is 94.8 Å². The van der Waals surface area contributed by atoms with Crippen molar-refractivity contribution in [2.75, 3.05) is 31.5 Å². The third kappa shape index (κ3) is 6.27. The van der Waals surface area contributed by atoms with Crippen molar-refractivity contribution in [3.63, 3.8) is 0 Å². The zero-order chi connectivity index (χ0) is 24.6. The molecule has 1 saturated heterocycles. The molecule has 4 N–H and O–H groups in total. The van der Waals surface area contributed by atoms with Gasteiger partial charge in [-0.25, -0.2) is 0 Å². The number of anilines is 1. The van der Waals surface area contributed by atoms with Crippen molar-refractivity contribution in [2.24, 2.45) is 0 Å². The zero-order valence-corrected chi connectivity index (χ0v) is 19.9. The lowest BCUT2D eigenvalue weighted by atomic mass is 10.0. The highest BCUT2D eigenvalue weighted by molar-refractivity contribution is 6.30. The maximum absolute atomic E-state index is 13.3. The quantitative estimate of drug-likeness (QED) is 0.215. The highest BCUT2D eigenvalue weighted by Gasteiger charge is 2.23. The molecule has 1 aliphatic heterocycles. The van der Waals surface area contributed by atoms with Crippen molar-refractivity contribution in [2.45, 2.75) is 6.61 Å². The Morgan fingerprint density at radius 2 is 1.60 bits per heavy atom. The van der Waals surface area contributed by atoms with Gasteiger partial charge in [-0.15, -0.1) is 0 Å². The van der Waals surface area contributed by atoms with Crippen LogP contribution in [-0.2, 0) is 11.4 Å². The van der Waals surface area contributed by atoms with Crippen molar-refractivity contribution < 1.29 is 14.6 Å². The first-order valence-corrected chi connectivity index (χ1v) is 11.7. The van der Waals surface area contributed by atoms with Gasteiger partial charge in [-0.1, -0.05) is 48.0 Å². The van der Waals surface area contributed by atoms with Crippen molar-refractivity contribution in [3.8, 4) is 16.9 Å². The second-order valence-electron chi connectivity index (χ2n) is 8.04. The van der Waals surface area contributed by atoms with Crippen LogP contribution in [0.3, 0.4) is 0 Å². The van der Waals surface area contributed by atoms with Crippen LogP contribution in [0.5, 0.6) is 5.75 Å². The van der Waals surface area contributed by atoms with Gasteiger partial charge in [0, 0.05) is 43.1 Å². The third-order valence-electron chi connectivity index (χ3n) is 5.68. The fourth-order valence-electron chi connectivity index (χ4n) is 3.78. The van der Waals surface area contributed by atoms with Gasteiger partial charge in [-0.05, 0) is 53.1 Å². The molecule has 0 radical (unpaired) electrons.